The van der Waals surface area contributed by atoms with Crippen LogP contribution in [0, 0.1) is 0 Å². The molecule has 6 nitrogen and oxygen atoms in total. The van der Waals surface area contributed by atoms with Crippen LogP contribution < -0.4 is 10.0 Å². The lowest BCUT2D eigenvalue weighted by atomic mass is 10.1. The first-order chi connectivity index (χ1) is 13.9. The van der Waals surface area contributed by atoms with Gasteiger partial charge in [0.25, 0.3) is 0 Å². The van der Waals surface area contributed by atoms with Crippen LogP contribution in [0.15, 0.2) is 88.4 Å². The summed E-state index contributed by atoms with van der Waals surface area (Å²) in [5.41, 5.74) is 1.74. The molecule has 0 bridgehead atoms. The van der Waals surface area contributed by atoms with Gasteiger partial charge >= 0.3 is 0 Å². The molecule has 0 fully saturated rings. The van der Waals surface area contributed by atoms with Gasteiger partial charge in [0.15, 0.2) is 0 Å². The molecule has 0 spiro atoms. The van der Waals surface area contributed by atoms with Gasteiger partial charge in [0.05, 0.1) is 23.7 Å². The lowest BCUT2D eigenvalue weighted by Gasteiger charge is -2.12. The van der Waals surface area contributed by atoms with Gasteiger partial charge in [-0.25, -0.2) is 13.1 Å². The second kappa shape index (κ2) is 9.36. The van der Waals surface area contributed by atoms with E-state index in [1.54, 1.807) is 30.3 Å². The van der Waals surface area contributed by atoms with Crippen molar-refractivity contribution in [2.45, 2.75) is 24.4 Å². The molecule has 0 radical (unpaired) electrons. The molecule has 0 aliphatic rings. The predicted octanol–water partition coefficient (Wildman–Crippen LogP) is 3.65. The highest BCUT2D eigenvalue weighted by atomic mass is 32.2. The highest BCUT2D eigenvalue weighted by molar-refractivity contribution is 7.89. The first-order valence-electron chi connectivity index (χ1n) is 9.10. The quantitative estimate of drug-likeness (QED) is 0.555. The van der Waals surface area contributed by atoms with Gasteiger partial charge in [-0.05, 0) is 48.4 Å². The van der Waals surface area contributed by atoms with Crippen LogP contribution >= 0.6 is 0 Å². The summed E-state index contributed by atoms with van der Waals surface area (Å²) >= 11 is 0. The van der Waals surface area contributed by atoms with Crippen molar-refractivity contribution < 1.29 is 17.6 Å². The summed E-state index contributed by atoms with van der Waals surface area (Å²) in [6.07, 6.45) is 4.55. The average Bonchev–Trinajstić information content (AvgIpc) is 3.25. The van der Waals surface area contributed by atoms with Crippen LogP contribution in [-0.4, -0.2) is 14.3 Å². The van der Waals surface area contributed by atoms with Crippen molar-refractivity contribution in [2.75, 3.05) is 0 Å². The number of nitrogens with one attached hydrogen (secondary N) is 2. The van der Waals surface area contributed by atoms with Crippen molar-refractivity contribution in [2.24, 2.45) is 0 Å². The predicted molar refractivity (Wildman–Crippen MR) is 111 cm³/mol. The minimum absolute atomic E-state index is 0.0801. The molecule has 3 rings (SSSR count). The van der Waals surface area contributed by atoms with Gasteiger partial charge in [-0.3, -0.25) is 4.79 Å². The first kappa shape index (κ1) is 20.6. The fourth-order valence-corrected chi connectivity index (χ4v) is 3.67. The largest absolute Gasteiger partial charge is 0.468 e. The summed E-state index contributed by atoms with van der Waals surface area (Å²) < 4.78 is 32.3. The molecular weight excluding hydrogens is 388 g/mol. The first-order valence-corrected chi connectivity index (χ1v) is 10.6. The van der Waals surface area contributed by atoms with Crippen molar-refractivity contribution in [1.82, 2.24) is 10.0 Å². The summed E-state index contributed by atoms with van der Waals surface area (Å²) in [6.45, 7) is 1.99. The summed E-state index contributed by atoms with van der Waals surface area (Å²) in [4.78, 5) is 12.3. The van der Waals surface area contributed by atoms with E-state index in [2.05, 4.69) is 10.0 Å². The average molecular weight is 410 g/mol. The Hall–Kier alpha value is -3.16. The van der Waals surface area contributed by atoms with Gasteiger partial charge in [0, 0.05) is 6.08 Å². The van der Waals surface area contributed by atoms with Gasteiger partial charge in [-0.2, -0.15) is 0 Å². The van der Waals surface area contributed by atoms with Gasteiger partial charge in [0.1, 0.15) is 5.76 Å². The number of hydrogen-bond donors (Lipinski definition) is 2. The Morgan fingerprint density at radius 2 is 1.76 bits per heavy atom. The Labute approximate surface area is 170 Å². The van der Waals surface area contributed by atoms with E-state index >= 15 is 0 Å². The molecule has 0 unspecified atom stereocenters. The highest BCUT2D eigenvalue weighted by Crippen LogP contribution is 2.14. The Morgan fingerprint density at radius 3 is 2.41 bits per heavy atom. The number of hydrogen-bond acceptors (Lipinski definition) is 4. The van der Waals surface area contributed by atoms with Gasteiger partial charge in [0.2, 0.25) is 15.9 Å². The van der Waals surface area contributed by atoms with Gasteiger partial charge in [-0.15, -0.1) is 0 Å². The summed E-state index contributed by atoms with van der Waals surface area (Å²) in [6, 6.07) is 19.2. The monoisotopic (exact) mass is 410 g/mol. The molecule has 1 heterocycles. The molecule has 3 aromatic rings. The molecule has 0 aliphatic carbocycles. The molecule has 150 valence electrons. The number of furan rings is 1. The zero-order chi connectivity index (χ0) is 20.7. The maximum atomic E-state index is 12.3. The second-order valence-corrected chi connectivity index (χ2v) is 8.21. The van der Waals surface area contributed by atoms with Crippen LogP contribution in [0.3, 0.4) is 0 Å². The number of amides is 1. The zero-order valence-electron chi connectivity index (χ0n) is 15.9. The van der Waals surface area contributed by atoms with E-state index in [1.807, 2.05) is 37.3 Å². The number of rotatable bonds is 8. The van der Waals surface area contributed by atoms with Crippen LogP contribution in [0.4, 0.5) is 0 Å². The fraction of sp³-hybridized carbons (Fsp3) is 0.136. The zero-order valence-corrected chi connectivity index (χ0v) is 16.7. The minimum Gasteiger partial charge on any atom is -0.468 e. The molecule has 1 atom stereocenters. The summed E-state index contributed by atoms with van der Waals surface area (Å²) in [5, 5.41) is 2.89. The topological polar surface area (TPSA) is 88.4 Å². The Balaban J connectivity index is 1.57. The normalized spacial score (nSPS) is 12.7. The van der Waals surface area contributed by atoms with E-state index in [0.717, 1.165) is 11.1 Å². The van der Waals surface area contributed by atoms with E-state index in [1.165, 1.54) is 24.5 Å². The SMILES string of the molecule is C[C@H](NC(=O)/C=C/c1ccc(S(=O)(=O)NCc2ccco2)cc1)c1ccccc1. The van der Waals surface area contributed by atoms with E-state index in [-0.39, 0.29) is 23.4 Å². The van der Waals surface area contributed by atoms with Crippen LogP contribution in [-0.2, 0) is 21.4 Å². The molecule has 7 heteroatoms. The van der Waals surface area contributed by atoms with Crippen molar-refractivity contribution >= 4 is 22.0 Å². The van der Waals surface area contributed by atoms with Crippen LogP contribution in [0.5, 0.6) is 0 Å². The van der Waals surface area contributed by atoms with Gasteiger partial charge in [-0.1, -0.05) is 42.5 Å². The molecular formula is C22H22N2O4S. The lowest BCUT2D eigenvalue weighted by Crippen LogP contribution is -2.24. The van der Waals surface area contributed by atoms with Crippen molar-refractivity contribution in [3.63, 3.8) is 0 Å². The van der Waals surface area contributed by atoms with Crippen molar-refractivity contribution in [3.05, 3.63) is 96.0 Å². The molecule has 0 saturated heterocycles. The minimum atomic E-state index is -3.64. The standard InChI is InChI=1S/C22H22N2O4S/c1-17(19-6-3-2-4-7-19)24-22(25)14-11-18-9-12-21(13-10-18)29(26,27)23-16-20-8-5-15-28-20/h2-15,17,23H,16H2,1H3,(H,24,25)/b14-11+/t17-/m0/s1. The Kier molecular flexibility index (Phi) is 6.64. The molecule has 1 aromatic heterocycles. The number of carbonyl (C=O) groups is 1. The number of carbonyl (C=O) groups excluding carboxylic acids is 1. The maximum absolute atomic E-state index is 12.3. The molecule has 0 saturated carbocycles. The molecule has 1 amide bonds. The third-order valence-electron chi connectivity index (χ3n) is 4.29. The lowest BCUT2D eigenvalue weighted by molar-refractivity contribution is -0.117. The molecule has 2 N–H and O–H groups in total. The Bertz CT molecular complexity index is 1060. The molecule has 2 aromatic carbocycles. The second-order valence-electron chi connectivity index (χ2n) is 6.45. The highest BCUT2D eigenvalue weighted by Gasteiger charge is 2.14. The van der Waals surface area contributed by atoms with Crippen LogP contribution in [0.1, 0.15) is 29.9 Å². The number of sulfonamides is 1. The van der Waals surface area contributed by atoms with Crippen molar-refractivity contribution in [3.8, 4) is 0 Å². The molecule has 29 heavy (non-hydrogen) atoms. The van der Waals surface area contributed by atoms with E-state index in [4.69, 9.17) is 4.42 Å². The number of benzene rings is 2. The third-order valence-corrected chi connectivity index (χ3v) is 5.71. The summed E-state index contributed by atoms with van der Waals surface area (Å²) in [5.74, 6) is 0.307. The summed E-state index contributed by atoms with van der Waals surface area (Å²) in [7, 11) is -3.64. The van der Waals surface area contributed by atoms with E-state index < -0.39 is 10.0 Å². The van der Waals surface area contributed by atoms with E-state index in [9.17, 15) is 13.2 Å². The fourth-order valence-electron chi connectivity index (χ4n) is 2.68. The van der Waals surface area contributed by atoms with Crippen molar-refractivity contribution in [1.29, 1.82) is 0 Å². The smallest absolute Gasteiger partial charge is 0.244 e. The maximum Gasteiger partial charge on any atom is 0.244 e. The van der Waals surface area contributed by atoms with Gasteiger partial charge < -0.3 is 9.73 Å². The third kappa shape index (κ3) is 5.91. The van der Waals surface area contributed by atoms with E-state index in [0.29, 0.717) is 5.76 Å². The molecule has 0 aliphatic heterocycles. The Morgan fingerprint density at radius 1 is 1.03 bits per heavy atom. The van der Waals surface area contributed by atoms with Crippen LogP contribution in [0.25, 0.3) is 6.08 Å². The van der Waals surface area contributed by atoms with Crippen LogP contribution in [0.2, 0.25) is 0 Å².